The van der Waals surface area contributed by atoms with E-state index >= 15 is 0 Å². The van der Waals surface area contributed by atoms with Gasteiger partial charge in [-0.3, -0.25) is 9.80 Å². The molecular formula is C18H24ClFN2O. The standard InChI is InChI=1S/C18H24ClFN2O/c1-12-2-5-16(19)15(18(12)20)9-21-6-7-22-14(8-21)10-23-11-17(22)13-3-4-13/h2,5,13-14,17H,3-4,6-11H2,1H3/t14-,17-/m1/s1. The Balaban J connectivity index is 1.45. The Morgan fingerprint density at radius 1 is 1.26 bits per heavy atom. The molecule has 0 radical (unpaired) electrons. The lowest BCUT2D eigenvalue weighted by Gasteiger charge is -2.48. The molecule has 2 heterocycles. The van der Waals surface area contributed by atoms with E-state index in [0.717, 1.165) is 38.8 Å². The summed E-state index contributed by atoms with van der Waals surface area (Å²) in [6.07, 6.45) is 2.70. The van der Waals surface area contributed by atoms with Gasteiger partial charge in [0, 0.05) is 48.8 Å². The van der Waals surface area contributed by atoms with Crippen molar-refractivity contribution in [2.75, 3.05) is 32.8 Å². The SMILES string of the molecule is Cc1ccc(Cl)c(CN2CCN3[C@@H](COC[C@@H]3C3CC3)C2)c1F. The second kappa shape index (κ2) is 6.32. The zero-order valence-electron chi connectivity index (χ0n) is 13.6. The predicted molar refractivity (Wildman–Crippen MR) is 89.2 cm³/mol. The van der Waals surface area contributed by atoms with Gasteiger partial charge in [-0.1, -0.05) is 17.7 Å². The van der Waals surface area contributed by atoms with Gasteiger partial charge in [-0.15, -0.1) is 0 Å². The highest BCUT2D eigenvalue weighted by molar-refractivity contribution is 6.31. The molecule has 0 bridgehead atoms. The summed E-state index contributed by atoms with van der Waals surface area (Å²) < 4.78 is 20.2. The summed E-state index contributed by atoms with van der Waals surface area (Å²) in [5.74, 6) is 0.684. The van der Waals surface area contributed by atoms with Gasteiger partial charge < -0.3 is 4.74 Å². The van der Waals surface area contributed by atoms with Gasteiger partial charge in [-0.05, 0) is 37.3 Å². The molecule has 1 aliphatic carbocycles. The molecule has 2 aliphatic heterocycles. The van der Waals surface area contributed by atoms with Crippen molar-refractivity contribution in [1.82, 2.24) is 9.80 Å². The van der Waals surface area contributed by atoms with Crippen LogP contribution in [0.5, 0.6) is 0 Å². The van der Waals surface area contributed by atoms with Crippen LogP contribution in [0.3, 0.4) is 0 Å². The van der Waals surface area contributed by atoms with Crippen LogP contribution < -0.4 is 0 Å². The van der Waals surface area contributed by atoms with Gasteiger partial charge in [0.1, 0.15) is 5.82 Å². The van der Waals surface area contributed by atoms with Crippen molar-refractivity contribution in [2.24, 2.45) is 5.92 Å². The fourth-order valence-electron chi connectivity index (χ4n) is 4.05. The maximum Gasteiger partial charge on any atom is 0.132 e. The van der Waals surface area contributed by atoms with Crippen LogP contribution in [-0.4, -0.2) is 54.7 Å². The summed E-state index contributed by atoms with van der Waals surface area (Å²) in [6, 6.07) is 4.59. The van der Waals surface area contributed by atoms with Gasteiger partial charge in [-0.2, -0.15) is 0 Å². The number of rotatable bonds is 3. The lowest BCUT2D eigenvalue weighted by atomic mass is 10.0. The van der Waals surface area contributed by atoms with E-state index in [9.17, 15) is 4.39 Å². The number of fused-ring (bicyclic) bond motifs is 1. The first-order valence-electron chi connectivity index (χ1n) is 8.63. The van der Waals surface area contributed by atoms with Crippen molar-refractivity contribution in [2.45, 2.75) is 38.4 Å². The van der Waals surface area contributed by atoms with E-state index < -0.39 is 0 Å². The number of benzene rings is 1. The van der Waals surface area contributed by atoms with Crippen LogP contribution in [0.1, 0.15) is 24.0 Å². The summed E-state index contributed by atoms with van der Waals surface area (Å²) in [4.78, 5) is 4.97. The van der Waals surface area contributed by atoms with E-state index in [1.807, 2.05) is 0 Å². The molecule has 0 unspecified atom stereocenters. The summed E-state index contributed by atoms with van der Waals surface area (Å²) in [6.45, 7) is 7.03. The molecule has 0 spiro atoms. The minimum Gasteiger partial charge on any atom is -0.378 e. The third-order valence-electron chi connectivity index (χ3n) is 5.56. The van der Waals surface area contributed by atoms with Gasteiger partial charge in [0.05, 0.1) is 13.2 Å². The average molecular weight is 339 g/mol. The van der Waals surface area contributed by atoms with Crippen LogP contribution >= 0.6 is 11.6 Å². The highest BCUT2D eigenvalue weighted by Gasteiger charge is 2.42. The van der Waals surface area contributed by atoms with Gasteiger partial charge in [0.2, 0.25) is 0 Å². The predicted octanol–water partition coefficient (Wildman–Crippen LogP) is 3.08. The fraction of sp³-hybridized carbons (Fsp3) is 0.667. The van der Waals surface area contributed by atoms with Crippen LogP contribution in [0, 0.1) is 18.7 Å². The van der Waals surface area contributed by atoms with Crippen molar-refractivity contribution in [3.8, 4) is 0 Å². The van der Waals surface area contributed by atoms with E-state index in [2.05, 4.69) is 9.80 Å². The van der Waals surface area contributed by atoms with Crippen molar-refractivity contribution in [1.29, 1.82) is 0 Å². The highest BCUT2D eigenvalue weighted by atomic mass is 35.5. The Labute approximate surface area is 142 Å². The monoisotopic (exact) mass is 338 g/mol. The largest absolute Gasteiger partial charge is 0.378 e. The first-order valence-corrected chi connectivity index (χ1v) is 9.00. The Hall–Kier alpha value is -0.680. The Morgan fingerprint density at radius 3 is 2.87 bits per heavy atom. The van der Waals surface area contributed by atoms with Gasteiger partial charge in [0.15, 0.2) is 0 Å². The molecule has 1 saturated carbocycles. The zero-order valence-corrected chi connectivity index (χ0v) is 14.4. The smallest absolute Gasteiger partial charge is 0.132 e. The summed E-state index contributed by atoms with van der Waals surface area (Å²) in [5.41, 5.74) is 1.30. The molecule has 3 fully saturated rings. The number of halogens is 2. The molecule has 23 heavy (non-hydrogen) atoms. The van der Waals surface area contributed by atoms with Gasteiger partial charge >= 0.3 is 0 Å². The van der Waals surface area contributed by atoms with Gasteiger partial charge in [0.25, 0.3) is 0 Å². The molecular weight excluding hydrogens is 315 g/mol. The molecule has 0 aromatic heterocycles. The lowest BCUT2D eigenvalue weighted by molar-refractivity contribution is -0.0881. The summed E-state index contributed by atoms with van der Waals surface area (Å²) in [5, 5.41) is 0.534. The molecule has 126 valence electrons. The Kier molecular flexibility index (Phi) is 4.35. The van der Waals surface area contributed by atoms with Crippen LogP contribution in [0.2, 0.25) is 5.02 Å². The van der Waals surface area contributed by atoms with Gasteiger partial charge in [-0.25, -0.2) is 4.39 Å². The van der Waals surface area contributed by atoms with Crippen LogP contribution in [0.15, 0.2) is 12.1 Å². The number of aryl methyl sites for hydroxylation is 1. The van der Waals surface area contributed by atoms with Crippen molar-refractivity contribution in [3.63, 3.8) is 0 Å². The van der Waals surface area contributed by atoms with E-state index in [-0.39, 0.29) is 5.82 Å². The number of ether oxygens (including phenoxy) is 1. The summed E-state index contributed by atoms with van der Waals surface area (Å²) >= 11 is 6.23. The lowest BCUT2D eigenvalue weighted by Crippen LogP contribution is -2.62. The minimum atomic E-state index is -0.157. The maximum atomic E-state index is 14.4. The highest BCUT2D eigenvalue weighted by Crippen LogP contribution is 2.38. The summed E-state index contributed by atoms with van der Waals surface area (Å²) in [7, 11) is 0. The molecule has 1 aromatic carbocycles. The molecule has 5 heteroatoms. The van der Waals surface area contributed by atoms with Crippen molar-refractivity contribution >= 4 is 11.6 Å². The van der Waals surface area contributed by atoms with Crippen molar-refractivity contribution in [3.05, 3.63) is 34.1 Å². The molecule has 4 rings (SSSR count). The topological polar surface area (TPSA) is 15.7 Å². The number of piperazine rings is 1. The second-order valence-electron chi connectivity index (χ2n) is 7.23. The molecule has 0 N–H and O–H groups in total. The molecule has 0 amide bonds. The molecule has 2 atom stereocenters. The van der Waals surface area contributed by atoms with E-state index in [0.29, 0.717) is 34.8 Å². The third kappa shape index (κ3) is 3.14. The first-order chi connectivity index (χ1) is 11.1. The quantitative estimate of drug-likeness (QED) is 0.842. The van der Waals surface area contributed by atoms with Crippen LogP contribution in [0.4, 0.5) is 4.39 Å². The van der Waals surface area contributed by atoms with Crippen LogP contribution in [-0.2, 0) is 11.3 Å². The fourth-order valence-corrected chi connectivity index (χ4v) is 4.26. The number of morpholine rings is 1. The Bertz CT molecular complexity index is 593. The Morgan fingerprint density at radius 2 is 2.09 bits per heavy atom. The van der Waals surface area contributed by atoms with Crippen molar-refractivity contribution < 1.29 is 9.13 Å². The molecule has 3 aliphatic rings. The van der Waals surface area contributed by atoms with E-state index in [1.165, 1.54) is 12.8 Å². The molecule has 1 aromatic rings. The van der Waals surface area contributed by atoms with E-state index in [4.69, 9.17) is 16.3 Å². The normalized spacial score (nSPS) is 29.5. The number of nitrogens with zero attached hydrogens (tertiary/aromatic N) is 2. The molecule has 3 nitrogen and oxygen atoms in total. The number of hydrogen-bond acceptors (Lipinski definition) is 3. The van der Waals surface area contributed by atoms with E-state index in [1.54, 1.807) is 19.1 Å². The van der Waals surface area contributed by atoms with Crippen LogP contribution in [0.25, 0.3) is 0 Å². The minimum absolute atomic E-state index is 0.157. The number of hydrogen-bond donors (Lipinski definition) is 0. The molecule has 2 saturated heterocycles. The average Bonchev–Trinajstić information content (AvgIpc) is 3.39. The maximum absolute atomic E-state index is 14.4. The zero-order chi connectivity index (χ0) is 16.0. The first kappa shape index (κ1) is 15.8. The second-order valence-corrected chi connectivity index (χ2v) is 7.63. The third-order valence-corrected chi connectivity index (χ3v) is 5.92.